The molecule has 1 aliphatic heterocycles. The Hall–Kier alpha value is -1.50. The third-order valence-corrected chi connectivity index (χ3v) is 2.63. The summed E-state index contributed by atoms with van der Waals surface area (Å²) in [6.45, 7) is 0.724. The van der Waals surface area contributed by atoms with E-state index < -0.39 is 6.61 Å². The van der Waals surface area contributed by atoms with Crippen LogP contribution in [-0.4, -0.2) is 54.7 Å². The molecule has 0 radical (unpaired) electrons. The normalized spacial score (nSPS) is 17.5. The second-order valence-electron chi connectivity index (χ2n) is 3.89. The van der Waals surface area contributed by atoms with E-state index in [0.717, 1.165) is 26.2 Å². The molecule has 0 unspecified atom stereocenters. The van der Waals surface area contributed by atoms with Gasteiger partial charge in [-0.25, -0.2) is 9.97 Å². The molecule has 0 bridgehead atoms. The average molecular weight is 244 g/mol. The lowest BCUT2D eigenvalue weighted by molar-refractivity contribution is -0.0503. The van der Waals surface area contributed by atoms with Crippen molar-refractivity contribution in [1.82, 2.24) is 14.9 Å². The lowest BCUT2D eigenvalue weighted by Gasteiger charge is -2.32. The molecule has 0 N–H and O–H groups in total. The van der Waals surface area contributed by atoms with Crippen molar-refractivity contribution in [3.05, 3.63) is 12.4 Å². The molecule has 0 amide bonds. The molecule has 94 valence electrons. The van der Waals surface area contributed by atoms with E-state index in [2.05, 4.69) is 26.7 Å². The molecule has 0 saturated carbocycles. The van der Waals surface area contributed by atoms with Gasteiger partial charge in [-0.05, 0) is 7.05 Å². The molecule has 0 spiro atoms. The maximum absolute atomic E-state index is 11.9. The van der Waals surface area contributed by atoms with Gasteiger partial charge in [0.25, 0.3) is 0 Å². The van der Waals surface area contributed by atoms with Crippen LogP contribution in [0.15, 0.2) is 12.4 Å². The van der Waals surface area contributed by atoms with Crippen molar-refractivity contribution in [2.45, 2.75) is 6.61 Å². The van der Waals surface area contributed by atoms with E-state index >= 15 is 0 Å². The van der Waals surface area contributed by atoms with Gasteiger partial charge in [0.15, 0.2) is 5.75 Å². The van der Waals surface area contributed by atoms with Crippen LogP contribution in [0.4, 0.5) is 14.7 Å². The number of hydrogen-bond donors (Lipinski definition) is 0. The first kappa shape index (κ1) is 12.0. The van der Waals surface area contributed by atoms with Crippen molar-refractivity contribution >= 4 is 5.95 Å². The van der Waals surface area contributed by atoms with Crippen LogP contribution in [0.3, 0.4) is 0 Å². The fraction of sp³-hybridized carbons (Fsp3) is 0.600. The van der Waals surface area contributed by atoms with E-state index in [9.17, 15) is 8.78 Å². The lowest BCUT2D eigenvalue weighted by atomic mass is 10.3. The molecule has 0 aliphatic carbocycles. The highest BCUT2D eigenvalue weighted by molar-refractivity contribution is 5.32. The highest BCUT2D eigenvalue weighted by Crippen LogP contribution is 2.15. The minimum atomic E-state index is -2.84. The highest BCUT2D eigenvalue weighted by atomic mass is 19.3. The molecule has 0 aromatic carbocycles. The summed E-state index contributed by atoms with van der Waals surface area (Å²) < 4.78 is 28.0. The van der Waals surface area contributed by atoms with Crippen LogP contribution in [0.2, 0.25) is 0 Å². The zero-order valence-electron chi connectivity index (χ0n) is 9.51. The second-order valence-corrected chi connectivity index (χ2v) is 3.89. The Morgan fingerprint density at radius 2 is 1.76 bits per heavy atom. The van der Waals surface area contributed by atoms with Gasteiger partial charge in [0.05, 0.1) is 12.4 Å². The number of aromatic nitrogens is 2. The van der Waals surface area contributed by atoms with E-state index in [0.29, 0.717) is 5.95 Å². The summed E-state index contributed by atoms with van der Waals surface area (Å²) in [7, 11) is 2.05. The number of halogens is 2. The molecular formula is C10H14F2N4O. The van der Waals surface area contributed by atoms with Gasteiger partial charge in [0.1, 0.15) is 0 Å². The topological polar surface area (TPSA) is 41.5 Å². The van der Waals surface area contributed by atoms with E-state index in [1.165, 1.54) is 12.4 Å². The zero-order valence-corrected chi connectivity index (χ0v) is 9.51. The maximum atomic E-state index is 11.9. The number of anilines is 1. The van der Waals surface area contributed by atoms with Crippen LogP contribution < -0.4 is 9.64 Å². The molecule has 1 aromatic heterocycles. The number of nitrogens with zero attached hydrogens (tertiary/aromatic N) is 4. The molecular weight excluding hydrogens is 230 g/mol. The largest absolute Gasteiger partial charge is 0.432 e. The Morgan fingerprint density at radius 3 is 2.29 bits per heavy atom. The third kappa shape index (κ3) is 3.23. The number of likely N-dealkylation sites (N-methyl/N-ethyl adjacent to an activating group) is 1. The Labute approximate surface area is 98.0 Å². The van der Waals surface area contributed by atoms with Crippen LogP contribution in [0, 0.1) is 0 Å². The SMILES string of the molecule is CN1CCN(c2ncc(OC(F)F)cn2)CC1. The van der Waals surface area contributed by atoms with Crippen molar-refractivity contribution in [3.63, 3.8) is 0 Å². The van der Waals surface area contributed by atoms with E-state index in [4.69, 9.17) is 0 Å². The van der Waals surface area contributed by atoms with Gasteiger partial charge in [-0.3, -0.25) is 0 Å². The number of alkyl halides is 2. The van der Waals surface area contributed by atoms with Gasteiger partial charge in [0.2, 0.25) is 5.95 Å². The number of ether oxygens (including phenoxy) is 1. The number of rotatable bonds is 3. The van der Waals surface area contributed by atoms with Crippen LogP contribution >= 0.6 is 0 Å². The first-order valence-electron chi connectivity index (χ1n) is 5.35. The third-order valence-electron chi connectivity index (χ3n) is 2.63. The van der Waals surface area contributed by atoms with Crippen LogP contribution in [0.5, 0.6) is 5.75 Å². The molecule has 5 nitrogen and oxygen atoms in total. The van der Waals surface area contributed by atoms with Gasteiger partial charge in [-0.2, -0.15) is 8.78 Å². The van der Waals surface area contributed by atoms with Crippen LogP contribution in [-0.2, 0) is 0 Å². The summed E-state index contributed by atoms with van der Waals surface area (Å²) in [4.78, 5) is 12.3. The molecule has 2 rings (SSSR count). The standard InChI is InChI=1S/C10H14F2N4O/c1-15-2-4-16(5-3-15)10-13-6-8(7-14-10)17-9(11)12/h6-7,9H,2-5H2,1H3. The zero-order chi connectivity index (χ0) is 12.3. The van der Waals surface area contributed by atoms with E-state index in [-0.39, 0.29) is 5.75 Å². The lowest BCUT2D eigenvalue weighted by Crippen LogP contribution is -2.45. The van der Waals surface area contributed by atoms with E-state index in [1.54, 1.807) is 0 Å². The Bertz CT molecular complexity index is 352. The van der Waals surface area contributed by atoms with Crippen LogP contribution in [0.25, 0.3) is 0 Å². The second kappa shape index (κ2) is 5.22. The summed E-state index contributed by atoms with van der Waals surface area (Å²) in [6, 6.07) is 0. The van der Waals surface area contributed by atoms with Crippen molar-refractivity contribution < 1.29 is 13.5 Å². The maximum Gasteiger partial charge on any atom is 0.387 e. The molecule has 1 aromatic rings. The Balaban J connectivity index is 1.97. The molecule has 7 heteroatoms. The molecule has 0 atom stereocenters. The predicted octanol–water partition coefficient (Wildman–Crippen LogP) is 0.830. The van der Waals surface area contributed by atoms with Crippen molar-refractivity contribution in [1.29, 1.82) is 0 Å². The van der Waals surface area contributed by atoms with Crippen LogP contribution in [0.1, 0.15) is 0 Å². The minimum absolute atomic E-state index is 0.0159. The van der Waals surface area contributed by atoms with E-state index in [1.807, 2.05) is 4.90 Å². The monoisotopic (exact) mass is 244 g/mol. The van der Waals surface area contributed by atoms with Gasteiger partial charge in [0, 0.05) is 26.2 Å². The van der Waals surface area contributed by atoms with Crippen molar-refractivity contribution in [3.8, 4) is 5.75 Å². The van der Waals surface area contributed by atoms with Gasteiger partial charge in [-0.15, -0.1) is 0 Å². The summed E-state index contributed by atoms with van der Waals surface area (Å²) in [5.74, 6) is 0.539. The van der Waals surface area contributed by atoms with Crippen molar-refractivity contribution in [2.75, 3.05) is 38.1 Å². The minimum Gasteiger partial charge on any atom is -0.432 e. The molecule has 1 saturated heterocycles. The first-order valence-corrected chi connectivity index (χ1v) is 5.35. The van der Waals surface area contributed by atoms with Gasteiger partial charge in [-0.1, -0.05) is 0 Å². The van der Waals surface area contributed by atoms with Gasteiger partial charge < -0.3 is 14.5 Å². The summed E-state index contributed by atoms with van der Waals surface area (Å²) in [5.41, 5.74) is 0. The van der Waals surface area contributed by atoms with Gasteiger partial charge >= 0.3 is 6.61 Å². The quantitative estimate of drug-likeness (QED) is 0.787. The fourth-order valence-corrected chi connectivity index (χ4v) is 1.64. The Morgan fingerprint density at radius 1 is 1.18 bits per heavy atom. The smallest absolute Gasteiger partial charge is 0.387 e. The van der Waals surface area contributed by atoms with Crippen molar-refractivity contribution in [2.24, 2.45) is 0 Å². The average Bonchev–Trinajstić information content (AvgIpc) is 2.30. The number of piperazine rings is 1. The predicted molar refractivity (Wildman–Crippen MR) is 58.4 cm³/mol. The summed E-state index contributed by atoms with van der Waals surface area (Å²) in [5, 5.41) is 0. The first-order chi connectivity index (χ1) is 8.15. The molecule has 17 heavy (non-hydrogen) atoms. The number of hydrogen-bond acceptors (Lipinski definition) is 5. The molecule has 1 fully saturated rings. The highest BCUT2D eigenvalue weighted by Gasteiger charge is 2.16. The fourth-order valence-electron chi connectivity index (χ4n) is 1.64. The molecule has 1 aliphatic rings. The summed E-state index contributed by atoms with van der Waals surface area (Å²) >= 11 is 0. The Kier molecular flexibility index (Phi) is 3.68. The molecule has 2 heterocycles. The summed E-state index contributed by atoms with van der Waals surface area (Å²) in [6.07, 6.45) is 2.54.